The highest BCUT2D eigenvalue weighted by molar-refractivity contribution is 6.12. The van der Waals surface area contributed by atoms with E-state index in [4.69, 9.17) is 4.74 Å². The molecule has 1 aliphatic rings. The number of fused-ring (bicyclic) bond motifs is 2. The Morgan fingerprint density at radius 3 is 2.39 bits per heavy atom. The summed E-state index contributed by atoms with van der Waals surface area (Å²) in [5, 5.41) is 0. The summed E-state index contributed by atoms with van der Waals surface area (Å²) in [4.78, 5) is 12.5. The molecule has 2 aromatic rings. The van der Waals surface area contributed by atoms with E-state index in [0.29, 0.717) is 0 Å². The second-order valence-corrected chi connectivity index (χ2v) is 4.69. The summed E-state index contributed by atoms with van der Waals surface area (Å²) in [5.41, 5.74) is 4.91. The fourth-order valence-electron chi connectivity index (χ4n) is 2.45. The van der Waals surface area contributed by atoms with Crippen LogP contribution in [0.4, 0.5) is 0 Å². The lowest BCUT2D eigenvalue weighted by Crippen LogP contribution is -2.15. The highest BCUT2D eigenvalue weighted by atomic mass is 16.5. The van der Waals surface area contributed by atoms with Gasteiger partial charge in [0.25, 0.3) is 0 Å². The van der Waals surface area contributed by atoms with Gasteiger partial charge >= 0.3 is 0 Å². The van der Waals surface area contributed by atoms with Crippen LogP contribution in [-0.4, -0.2) is 12.9 Å². The third-order valence-electron chi connectivity index (χ3n) is 3.45. The minimum atomic E-state index is 0.105. The summed E-state index contributed by atoms with van der Waals surface area (Å²) in [6.45, 7) is 2.01. The first kappa shape index (κ1) is 11.0. The van der Waals surface area contributed by atoms with Crippen molar-refractivity contribution in [3.63, 3.8) is 0 Å². The van der Waals surface area contributed by atoms with Crippen molar-refractivity contribution in [2.24, 2.45) is 0 Å². The Morgan fingerprint density at radius 1 is 1.00 bits per heavy atom. The maximum atomic E-state index is 12.5. The van der Waals surface area contributed by atoms with Crippen molar-refractivity contribution >= 4 is 5.78 Å². The Kier molecular flexibility index (Phi) is 2.44. The molecule has 0 aliphatic heterocycles. The van der Waals surface area contributed by atoms with Gasteiger partial charge in [0, 0.05) is 11.1 Å². The van der Waals surface area contributed by atoms with Gasteiger partial charge in [0.2, 0.25) is 0 Å². The van der Waals surface area contributed by atoms with Crippen LogP contribution in [0, 0.1) is 6.92 Å². The number of methoxy groups -OCH3 is 1. The van der Waals surface area contributed by atoms with Crippen molar-refractivity contribution in [1.29, 1.82) is 0 Å². The Balaban J connectivity index is 2.16. The van der Waals surface area contributed by atoms with E-state index in [0.717, 1.165) is 40.0 Å². The fraction of sp³-hybridized carbons (Fsp3) is 0.188. The number of ether oxygens (including phenoxy) is 1. The van der Waals surface area contributed by atoms with Crippen molar-refractivity contribution in [1.82, 2.24) is 0 Å². The molecule has 0 saturated heterocycles. The van der Waals surface area contributed by atoms with Crippen molar-refractivity contribution < 1.29 is 9.53 Å². The number of carbonyl (C=O) groups excluding carboxylic acids is 1. The highest BCUT2D eigenvalue weighted by Crippen LogP contribution is 2.30. The lowest BCUT2D eigenvalue weighted by atomic mass is 9.84. The Hall–Kier alpha value is -2.09. The molecule has 0 amide bonds. The van der Waals surface area contributed by atoms with E-state index >= 15 is 0 Å². The Morgan fingerprint density at radius 2 is 1.67 bits per heavy atom. The zero-order chi connectivity index (χ0) is 12.7. The molecule has 0 N–H and O–H groups in total. The second-order valence-electron chi connectivity index (χ2n) is 4.69. The molecule has 90 valence electrons. The first-order valence-electron chi connectivity index (χ1n) is 6.00. The number of hydrogen-bond acceptors (Lipinski definition) is 2. The van der Waals surface area contributed by atoms with Crippen LogP contribution in [0.25, 0.3) is 0 Å². The van der Waals surface area contributed by atoms with Crippen LogP contribution in [0.15, 0.2) is 36.4 Å². The van der Waals surface area contributed by atoms with Gasteiger partial charge in [-0.1, -0.05) is 23.8 Å². The van der Waals surface area contributed by atoms with Crippen molar-refractivity contribution in [2.45, 2.75) is 13.3 Å². The lowest BCUT2D eigenvalue weighted by molar-refractivity contribution is 0.103. The summed E-state index contributed by atoms with van der Waals surface area (Å²) in [6.07, 6.45) is 0.820. The third-order valence-corrected chi connectivity index (χ3v) is 3.45. The molecule has 18 heavy (non-hydrogen) atoms. The largest absolute Gasteiger partial charge is 0.497 e. The van der Waals surface area contributed by atoms with Crippen LogP contribution in [-0.2, 0) is 6.42 Å². The zero-order valence-electron chi connectivity index (χ0n) is 10.5. The predicted octanol–water partition coefficient (Wildman–Crippen LogP) is 3.14. The monoisotopic (exact) mass is 238 g/mol. The number of rotatable bonds is 1. The van der Waals surface area contributed by atoms with Gasteiger partial charge in [0.15, 0.2) is 5.78 Å². The van der Waals surface area contributed by atoms with Gasteiger partial charge in [-0.3, -0.25) is 4.79 Å². The van der Waals surface area contributed by atoms with Crippen molar-refractivity contribution in [3.8, 4) is 5.75 Å². The smallest absolute Gasteiger partial charge is 0.193 e. The minimum Gasteiger partial charge on any atom is -0.497 e. The number of ketones is 1. The van der Waals surface area contributed by atoms with Crippen LogP contribution in [0.2, 0.25) is 0 Å². The Labute approximate surface area is 106 Å². The molecule has 0 atom stereocenters. The molecule has 0 saturated carbocycles. The van der Waals surface area contributed by atoms with E-state index in [1.54, 1.807) is 7.11 Å². The van der Waals surface area contributed by atoms with Crippen LogP contribution in [0.1, 0.15) is 32.6 Å². The van der Waals surface area contributed by atoms with Gasteiger partial charge in [0.1, 0.15) is 5.75 Å². The number of hydrogen-bond donors (Lipinski definition) is 0. The zero-order valence-corrected chi connectivity index (χ0v) is 10.5. The summed E-state index contributed by atoms with van der Waals surface area (Å²) in [5.74, 6) is 0.840. The molecule has 3 rings (SSSR count). The van der Waals surface area contributed by atoms with E-state index in [1.807, 2.05) is 31.2 Å². The summed E-state index contributed by atoms with van der Waals surface area (Å²) < 4.78 is 5.19. The molecular weight excluding hydrogens is 224 g/mol. The molecule has 0 bridgehead atoms. The van der Waals surface area contributed by atoms with E-state index in [1.165, 1.54) is 0 Å². The third kappa shape index (κ3) is 1.61. The van der Waals surface area contributed by atoms with Gasteiger partial charge in [-0.05, 0) is 42.7 Å². The van der Waals surface area contributed by atoms with Gasteiger partial charge in [0.05, 0.1) is 7.11 Å². The van der Waals surface area contributed by atoms with Gasteiger partial charge in [-0.2, -0.15) is 0 Å². The molecule has 2 aromatic carbocycles. The van der Waals surface area contributed by atoms with Crippen molar-refractivity contribution in [2.75, 3.05) is 7.11 Å². The SMILES string of the molecule is COc1ccc2c(c1)C(=O)c1cc(C)ccc1C2. The minimum absolute atomic E-state index is 0.105. The average molecular weight is 238 g/mol. The van der Waals surface area contributed by atoms with E-state index < -0.39 is 0 Å². The summed E-state index contributed by atoms with van der Waals surface area (Å²) in [6, 6.07) is 11.8. The molecule has 2 nitrogen and oxygen atoms in total. The first-order valence-corrected chi connectivity index (χ1v) is 6.00. The van der Waals surface area contributed by atoms with Crippen LogP contribution in [0.5, 0.6) is 5.75 Å². The molecular formula is C16H14O2. The van der Waals surface area contributed by atoms with Gasteiger partial charge < -0.3 is 4.74 Å². The molecule has 0 radical (unpaired) electrons. The Bertz CT molecular complexity index is 642. The summed E-state index contributed by atoms with van der Waals surface area (Å²) >= 11 is 0. The maximum Gasteiger partial charge on any atom is 0.193 e. The number of carbonyl (C=O) groups is 1. The number of aryl methyl sites for hydroxylation is 1. The van der Waals surface area contributed by atoms with Crippen molar-refractivity contribution in [3.05, 3.63) is 64.2 Å². The molecule has 0 fully saturated rings. The van der Waals surface area contributed by atoms with E-state index in [2.05, 4.69) is 12.1 Å². The van der Waals surface area contributed by atoms with Gasteiger partial charge in [-0.25, -0.2) is 0 Å². The van der Waals surface area contributed by atoms with Gasteiger partial charge in [-0.15, -0.1) is 0 Å². The quantitative estimate of drug-likeness (QED) is 0.651. The molecule has 0 unspecified atom stereocenters. The topological polar surface area (TPSA) is 26.3 Å². The van der Waals surface area contributed by atoms with Crippen LogP contribution in [0.3, 0.4) is 0 Å². The van der Waals surface area contributed by atoms with E-state index in [9.17, 15) is 4.79 Å². The lowest BCUT2D eigenvalue weighted by Gasteiger charge is -2.19. The average Bonchev–Trinajstić information content (AvgIpc) is 2.40. The second kappa shape index (κ2) is 3.98. The van der Waals surface area contributed by atoms with Crippen LogP contribution < -0.4 is 4.74 Å². The molecule has 0 heterocycles. The number of benzene rings is 2. The standard InChI is InChI=1S/C16H14O2/c1-10-3-4-11-8-12-5-6-13(18-2)9-15(12)16(17)14(11)7-10/h3-7,9H,8H2,1-2H3. The predicted molar refractivity (Wildman–Crippen MR) is 70.4 cm³/mol. The molecule has 0 aromatic heterocycles. The molecule has 2 heteroatoms. The summed E-state index contributed by atoms with van der Waals surface area (Å²) in [7, 11) is 1.62. The highest BCUT2D eigenvalue weighted by Gasteiger charge is 2.23. The fourth-order valence-corrected chi connectivity index (χ4v) is 2.45. The molecule has 0 spiro atoms. The molecule has 1 aliphatic carbocycles. The van der Waals surface area contributed by atoms with Crippen LogP contribution >= 0.6 is 0 Å². The van der Waals surface area contributed by atoms with E-state index in [-0.39, 0.29) is 5.78 Å². The normalized spacial score (nSPS) is 12.9. The maximum absolute atomic E-state index is 12.5. The first-order chi connectivity index (χ1) is 8.69.